The largest absolute Gasteiger partial charge is 1.00 e. The van der Waals surface area contributed by atoms with Gasteiger partial charge in [-0.2, -0.15) is 0 Å². The van der Waals surface area contributed by atoms with Crippen molar-refractivity contribution in [1.82, 2.24) is 0 Å². The van der Waals surface area contributed by atoms with Crippen LogP contribution in [-0.2, 0) is 91.9 Å². The Morgan fingerprint density at radius 1 is 0.462 bits per heavy atom. The van der Waals surface area contributed by atoms with Gasteiger partial charge in [0, 0.05) is 73.5 Å². The molecule has 9 aromatic carbocycles. The van der Waals surface area contributed by atoms with Crippen LogP contribution in [0.3, 0.4) is 0 Å². The van der Waals surface area contributed by atoms with Crippen molar-refractivity contribution < 1.29 is 103 Å². The first kappa shape index (κ1) is 81.8. The van der Waals surface area contributed by atoms with Crippen LogP contribution in [0.15, 0.2) is 219 Å². The number of carbonyl (C=O) groups excluding carboxylic acids is 2. The van der Waals surface area contributed by atoms with Crippen molar-refractivity contribution >= 4 is 79.3 Å². The van der Waals surface area contributed by atoms with Crippen LogP contribution < -0.4 is 55.7 Å². The second kappa shape index (κ2) is 37.9. The van der Waals surface area contributed by atoms with Gasteiger partial charge in [0.2, 0.25) is 0 Å². The van der Waals surface area contributed by atoms with Crippen LogP contribution in [0.5, 0.6) is 17.2 Å². The number of nitrogens with two attached hydrogens (primary N) is 3. The quantitative estimate of drug-likeness (QED) is 0.0342. The van der Waals surface area contributed by atoms with Crippen LogP contribution in [0.25, 0.3) is 55.2 Å². The minimum atomic E-state index is -0.921. The number of ether oxygens (including phenoxy) is 5. The summed E-state index contributed by atoms with van der Waals surface area (Å²) in [6.45, 7) is 14.0. The van der Waals surface area contributed by atoms with E-state index in [1.807, 2.05) is 143 Å². The third-order valence-corrected chi connectivity index (χ3v) is 17.7. The van der Waals surface area contributed by atoms with E-state index in [1.54, 1.807) is 63.0 Å². The first-order chi connectivity index (χ1) is 50.0. The second-order valence-electron chi connectivity index (χ2n) is 25.4. The number of halogens is 4. The summed E-state index contributed by atoms with van der Waals surface area (Å²) in [5.74, 6) is -0.668. The summed E-state index contributed by atoms with van der Waals surface area (Å²) in [4.78, 5) is 34.9. The van der Waals surface area contributed by atoms with Crippen molar-refractivity contribution in [2.75, 3.05) is 13.2 Å². The Labute approximate surface area is 632 Å². The van der Waals surface area contributed by atoms with Crippen LogP contribution in [0.1, 0.15) is 91.6 Å². The van der Waals surface area contributed by atoms with Gasteiger partial charge in [0.1, 0.15) is 71.3 Å². The number of hydrogen-bond acceptors (Lipinski definition) is 17. The third-order valence-electron chi connectivity index (χ3n) is 17.3. The molecular weight excluding hydrogens is 1420 g/mol. The molecular formula is C82H81BBrF3LiN3O15. The Balaban J connectivity index is 0.000000186. The molecule has 18 nitrogen and oxygen atoms in total. The van der Waals surface area contributed by atoms with Crippen LogP contribution in [0.2, 0.25) is 0 Å². The topological polar surface area (TPSA) is 284 Å². The third kappa shape index (κ3) is 21.4. The van der Waals surface area contributed by atoms with E-state index in [0.717, 1.165) is 76.2 Å². The van der Waals surface area contributed by atoms with Gasteiger partial charge < -0.3 is 74.0 Å². The normalized spacial score (nSPS) is 12.5. The number of carboxylic acid groups (broad SMARTS) is 1. The second-order valence-corrected chi connectivity index (χ2v) is 26.3. The maximum Gasteiger partial charge on any atom is 1.00 e. The van der Waals surface area contributed by atoms with Crippen molar-refractivity contribution in [2.45, 2.75) is 111 Å². The molecule has 13 rings (SSSR count). The number of benzene rings is 9. The monoisotopic (exact) mass is 1500 g/mol. The van der Waals surface area contributed by atoms with Crippen LogP contribution in [0, 0.1) is 17.5 Å². The SMILES string of the molecule is CCOC(=O)Cc1ccccc1OCc1cc(-c2cc(F)cc(CN)c2)c2occc2c1.CCOC(=O)Cc1ccccc1OCc1cc(B2OC(C)(C)C(C)(C)O2)c2occc2c1.NCc1cc(F)cc(-c2cc(COc3ccccc3CC(=O)O)cc3ccoc23)c1.NCc1cc(F)cc(Br)c1.[Li+].[OH-]. The summed E-state index contributed by atoms with van der Waals surface area (Å²) in [5.41, 5.74) is 28.6. The van der Waals surface area contributed by atoms with E-state index in [9.17, 15) is 27.6 Å². The molecule has 4 heterocycles. The molecule has 0 atom stereocenters. The van der Waals surface area contributed by atoms with E-state index >= 15 is 0 Å². The molecule has 0 saturated carbocycles. The number of carbonyl (C=O) groups is 3. The fourth-order valence-electron chi connectivity index (χ4n) is 11.6. The molecule has 1 aliphatic rings. The van der Waals surface area contributed by atoms with Gasteiger partial charge in [0.25, 0.3) is 0 Å². The molecule has 12 aromatic rings. The maximum absolute atomic E-state index is 14.2. The molecule has 0 amide bonds. The van der Waals surface area contributed by atoms with E-state index in [4.69, 9.17) is 68.6 Å². The zero-order chi connectivity index (χ0) is 74.1. The number of aliphatic carboxylic acids is 1. The summed E-state index contributed by atoms with van der Waals surface area (Å²) in [6, 6.07) is 53.4. The Kier molecular flexibility index (Phi) is 29.2. The van der Waals surface area contributed by atoms with Crippen LogP contribution in [0.4, 0.5) is 13.2 Å². The van der Waals surface area contributed by atoms with E-state index in [1.165, 1.54) is 36.4 Å². The number of para-hydroxylation sites is 3. The molecule has 1 fully saturated rings. The molecule has 106 heavy (non-hydrogen) atoms. The number of hydrogen-bond donors (Lipinski definition) is 4. The fourth-order valence-corrected chi connectivity index (χ4v) is 12.1. The van der Waals surface area contributed by atoms with Crippen molar-refractivity contribution in [2.24, 2.45) is 17.2 Å². The molecule has 24 heteroatoms. The average Bonchev–Trinajstić information content (AvgIpc) is 1.61. The smallest absolute Gasteiger partial charge is 0.870 e. The van der Waals surface area contributed by atoms with E-state index in [2.05, 4.69) is 15.9 Å². The molecule has 0 aliphatic carbocycles. The Morgan fingerprint density at radius 3 is 1.21 bits per heavy atom. The minimum Gasteiger partial charge on any atom is -0.870 e. The van der Waals surface area contributed by atoms with Gasteiger partial charge in [-0.15, -0.1) is 0 Å². The predicted octanol–water partition coefficient (Wildman–Crippen LogP) is 13.6. The molecule has 1 saturated heterocycles. The summed E-state index contributed by atoms with van der Waals surface area (Å²) in [7, 11) is -0.537. The van der Waals surface area contributed by atoms with Gasteiger partial charge in [0.15, 0.2) is 0 Å². The molecule has 0 spiro atoms. The molecule has 1 aliphatic heterocycles. The van der Waals surface area contributed by atoms with Crippen molar-refractivity contribution in [3.05, 3.63) is 273 Å². The minimum absolute atomic E-state index is 0. The van der Waals surface area contributed by atoms with Gasteiger partial charge in [-0.25, -0.2) is 13.2 Å². The zero-order valence-electron chi connectivity index (χ0n) is 59.9. The van der Waals surface area contributed by atoms with Crippen LogP contribution >= 0.6 is 15.9 Å². The first-order valence-corrected chi connectivity index (χ1v) is 34.5. The van der Waals surface area contributed by atoms with Crippen molar-refractivity contribution in [1.29, 1.82) is 0 Å². The average molecular weight is 1500 g/mol. The standard InChI is InChI=1S/C26H24FNO4.C25H29BO6.C24H20FNO4.C7H7BrFN.Li.H2O/c1-2-30-25(29)14-19-5-3-4-6-24(19)32-16-18-10-20-7-8-31-26(20)23(12-18)21-9-17(15-28)11-22(27)13-21;1-6-28-22(27)15-18-9-7-8-10-21(18)30-16-17-13-19-11-12-29-23(19)20(14-17)26-31-24(2,3)25(4,5)32-26;25-20-9-15(13-26)7-19(11-20)21-10-16(8-18-5-6-29-24(18)21)14-30-22-4-2-1-3-17(22)12-23(27)28;8-6-1-5(4-10)2-7(9)3-6;;/h3-13H,2,14-16,28H2,1H3;7-14H,6,15-16H2,1-5H3;1-11H,12-14,26H2,(H,27,28);1-3H,4,10H2;;1H2/q;;;;+1;/p-1. The number of fused-ring (bicyclic) bond motifs is 3. The number of carboxylic acids is 1. The van der Waals surface area contributed by atoms with Crippen molar-refractivity contribution in [3.63, 3.8) is 0 Å². The molecule has 0 bridgehead atoms. The summed E-state index contributed by atoms with van der Waals surface area (Å²) in [6.07, 6.45) is 5.05. The van der Waals surface area contributed by atoms with E-state index in [-0.39, 0.29) is 99.3 Å². The van der Waals surface area contributed by atoms with Crippen molar-refractivity contribution in [3.8, 4) is 39.5 Å². The molecule has 8 N–H and O–H groups in total. The van der Waals surface area contributed by atoms with Gasteiger partial charge in [-0.3, -0.25) is 14.4 Å². The first-order valence-electron chi connectivity index (χ1n) is 33.7. The van der Waals surface area contributed by atoms with Gasteiger partial charge in [-0.1, -0.05) is 76.6 Å². The molecule has 3 aromatic heterocycles. The summed E-state index contributed by atoms with van der Waals surface area (Å²) < 4.78 is 99.3. The van der Waals surface area contributed by atoms with Crippen LogP contribution in [-0.4, -0.2) is 60.0 Å². The number of esters is 2. The molecule has 0 unspecified atom stereocenters. The number of furan rings is 3. The Morgan fingerprint density at radius 2 is 0.821 bits per heavy atom. The summed E-state index contributed by atoms with van der Waals surface area (Å²) in [5, 5.41) is 11.8. The van der Waals surface area contributed by atoms with E-state index in [0.29, 0.717) is 82.6 Å². The Hall–Kier alpha value is -9.90. The van der Waals surface area contributed by atoms with Gasteiger partial charge >= 0.3 is 43.9 Å². The van der Waals surface area contributed by atoms with Gasteiger partial charge in [-0.05, 0) is 207 Å². The van der Waals surface area contributed by atoms with Gasteiger partial charge in [0.05, 0.1) is 62.5 Å². The summed E-state index contributed by atoms with van der Waals surface area (Å²) >= 11 is 3.16. The number of rotatable bonds is 23. The fraction of sp³-hybridized carbons (Fsp3) is 0.232. The zero-order valence-corrected chi connectivity index (χ0v) is 61.4. The Bertz CT molecular complexity index is 4950. The molecule has 0 radical (unpaired) electrons. The molecule has 546 valence electrons. The predicted molar refractivity (Wildman–Crippen MR) is 399 cm³/mol. The van der Waals surface area contributed by atoms with E-state index < -0.39 is 24.3 Å². The maximum atomic E-state index is 14.2.